The molecule has 0 aromatic heterocycles. The molecule has 0 bridgehead atoms. The van der Waals surface area contributed by atoms with E-state index in [-0.39, 0.29) is 5.82 Å². The average Bonchev–Trinajstić information content (AvgIpc) is 2.35. The number of nitrogens with one attached hydrogen (secondary N) is 2. The summed E-state index contributed by atoms with van der Waals surface area (Å²) < 4.78 is 19.0. The number of halogens is 1. The van der Waals surface area contributed by atoms with Crippen LogP contribution in [0.4, 0.5) is 4.39 Å². The first-order chi connectivity index (χ1) is 10.2. The SMILES string of the molecule is CC1=C(C(=O)OC(C)(C)C)[C@@H](c2cccc(F)c2)NC(=S)N1. The fourth-order valence-electron chi connectivity index (χ4n) is 2.23. The topological polar surface area (TPSA) is 50.4 Å². The van der Waals surface area contributed by atoms with Crippen LogP contribution in [-0.2, 0) is 9.53 Å². The summed E-state index contributed by atoms with van der Waals surface area (Å²) >= 11 is 5.14. The van der Waals surface area contributed by atoms with E-state index >= 15 is 0 Å². The molecule has 0 fully saturated rings. The van der Waals surface area contributed by atoms with Crippen molar-refractivity contribution in [2.24, 2.45) is 0 Å². The van der Waals surface area contributed by atoms with Crippen molar-refractivity contribution < 1.29 is 13.9 Å². The zero-order chi connectivity index (χ0) is 16.5. The zero-order valence-electron chi connectivity index (χ0n) is 13.0. The zero-order valence-corrected chi connectivity index (χ0v) is 13.8. The van der Waals surface area contributed by atoms with Gasteiger partial charge in [0, 0.05) is 5.70 Å². The van der Waals surface area contributed by atoms with Gasteiger partial charge < -0.3 is 15.4 Å². The minimum absolute atomic E-state index is 0.370. The number of esters is 1. The quantitative estimate of drug-likeness (QED) is 0.648. The summed E-state index contributed by atoms with van der Waals surface area (Å²) in [5.41, 5.74) is 1.000. The highest BCUT2D eigenvalue weighted by Gasteiger charge is 2.33. The molecule has 2 rings (SSSR count). The standard InChI is InChI=1S/C16H19FN2O2S/c1-9-12(14(20)21-16(2,3)4)13(19-15(22)18-9)10-6-5-7-11(17)8-10/h5-8,13H,1-4H3,(H2,18,19,22)/t13-/m1/s1. The smallest absolute Gasteiger partial charge is 0.338 e. The lowest BCUT2D eigenvalue weighted by Gasteiger charge is -2.31. The molecule has 0 amide bonds. The predicted molar refractivity (Wildman–Crippen MR) is 86.6 cm³/mol. The highest BCUT2D eigenvalue weighted by Crippen LogP contribution is 2.29. The van der Waals surface area contributed by atoms with Crippen molar-refractivity contribution in [2.75, 3.05) is 0 Å². The van der Waals surface area contributed by atoms with Crippen LogP contribution in [0, 0.1) is 5.82 Å². The third kappa shape index (κ3) is 3.82. The Balaban J connectivity index is 2.43. The Morgan fingerprint density at radius 1 is 1.36 bits per heavy atom. The van der Waals surface area contributed by atoms with Crippen molar-refractivity contribution in [3.05, 3.63) is 46.9 Å². The number of rotatable bonds is 2. The minimum Gasteiger partial charge on any atom is -0.456 e. The van der Waals surface area contributed by atoms with Crippen molar-refractivity contribution in [3.63, 3.8) is 0 Å². The summed E-state index contributed by atoms with van der Waals surface area (Å²) in [6.07, 6.45) is 0. The van der Waals surface area contributed by atoms with Gasteiger partial charge in [-0.05, 0) is 57.6 Å². The van der Waals surface area contributed by atoms with Gasteiger partial charge in [-0.3, -0.25) is 0 Å². The molecule has 0 saturated heterocycles. The van der Waals surface area contributed by atoms with Crippen molar-refractivity contribution >= 4 is 23.3 Å². The van der Waals surface area contributed by atoms with Crippen LogP contribution in [0.3, 0.4) is 0 Å². The Hall–Kier alpha value is -1.95. The number of ether oxygens (including phenoxy) is 1. The van der Waals surface area contributed by atoms with Crippen molar-refractivity contribution in [1.82, 2.24) is 10.6 Å². The van der Waals surface area contributed by atoms with E-state index in [0.717, 1.165) is 0 Å². The third-order valence-corrected chi connectivity index (χ3v) is 3.29. The number of carbonyl (C=O) groups is 1. The van der Waals surface area contributed by atoms with Crippen molar-refractivity contribution in [3.8, 4) is 0 Å². The van der Waals surface area contributed by atoms with E-state index in [0.29, 0.717) is 21.9 Å². The Morgan fingerprint density at radius 3 is 2.64 bits per heavy atom. The maximum atomic E-state index is 13.5. The first kappa shape index (κ1) is 16.4. The number of thiocarbonyl (C=S) groups is 1. The summed E-state index contributed by atoms with van der Waals surface area (Å²) in [5, 5.41) is 6.31. The molecule has 22 heavy (non-hydrogen) atoms. The van der Waals surface area contributed by atoms with Crippen LogP contribution in [0.25, 0.3) is 0 Å². The monoisotopic (exact) mass is 322 g/mol. The maximum absolute atomic E-state index is 13.5. The number of carbonyl (C=O) groups excluding carboxylic acids is 1. The van der Waals surface area contributed by atoms with Crippen LogP contribution < -0.4 is 10.6 Å². The molecule has 4 nitrogen and oxygen atoms in total. The molecule has 1 aliphatic heterocycles. The highest BCUT2D eigenvalue weighted by molar-refractivity contribution is 7.80. The largest absolute Gasteiger partial charge is 0.456 e. The number of benzene rings is 1. The van der Waals surface area contributed by atoms with Gasteiger partial charge in [-0.25, -0.2) is 9.18 Å². The summed E-state index contributed by atoms with van der Waals surface area (Å²) in [7, 11) is 0. The van der Waals surface area contributed by atoms with E-state index < -0.39 is 17.6 Å². The van der Waals surface area contributed by atoms with E-state index in [2.05, 4.69) is 10.6 Å². The van der Waals surface area contributed by atoms with E-state index in [9.17, 15) is 9.18 Å². The van der Waals surface area contributed by atoms with E-state index in [1.54, 1.807) is 39.8 Å². The third-order valence-electron chi connectivity index (χ3n) is 3.07. The molecular weight excluding hydrogens is 303 g/mol. The molecule has 0 radical (unpaired) electrons. The highest BCUT2D eigenvalue weighted by atomic mass is 32.1. The summed E-state index contributed by atoms with van der Waals surface area (Å²) in [4.78, 5) is 12.5. The second kappa shape index (κ2) is 6.04. The van der Waals surface area contributed by atoms with Gasteiger partial charge in [0.2, 0.25) is 0 Å². The molecule has 2 N–H and O–H groups in total. The van der Waals surface area contributed by atoms with Gasteiger partial charge in [-0.2, -0.15) is 0 Å². The average molecular weight is 322 g/mol. The molecule has 118 valence electrons. The van der Waals surface area contributed by atoms with Crippen LogP contribution in [0.5, 0.6) is 0 Å². The molecule has 1 atom stereocenters. The van der Waals surface area contributed by atoms with Crippen LogP contribution in [0.15, 0.2) is 35.5 Å². The van der Waals surface area contributed by atoms with Gasteiger partial charge in [-0.15, -0.1) is 0 Å². The Bertz CT molecular complexity index is 650. The summed E-state index contributed by atoms with van der Waals surface area (Å²) in [6, 6.07) is 5.53. The van der Waals surface area contributed by atoms with Gasteiger partial charge in [0.25, 0.3) is 0 Å². The molecule has 0 saturated carbocycles. The lowest BCUT2D eigenvalue weighted by molar-refractivity contribution is -0.150. The van der Waals surface area contributed by atoms with E-state index in [1.165, 1.54) is 12.1 Å². The van der Waals surface area contributed by atoms with Crippen LogP contribution in [0.1, 0.15) is 39.3 Å². The lowest BCUT2D eigenvalue weighted by atomic mass is 9.95. The number of allylic oxidation sites excluding steroid dienone is 1. The molecule has 1 aliphatic rings. The fraction of sp³-hybridized carbons (Fsp3) is 0.375. The van der Waals surface area contributed by atoms with Crippen LogP contribution in [-0.4, -0.2) is 16.7 Å². The first-order valence-electron chi connectivity index (χ1n) is 6.94. The van der Waals surface area contributed by atoms with E-state index in [1.807, 2.05) is 0 Å². The molecule has 0 unspecified atom stereocenters. The molecule has 1 heterocycles. The Morgan fingerprint density at radius 2 is 2.05 bits per heavy atom. The molecule has 1 aromatic rings. The summed E-state index contributed by atoms with van der Waals surface area (Å²) in [6.45, 7) is 7.14. The normalized spacial score (nSPS) is 18.6. The fourth-order valence-corrected chi connectivity index (χ4v) is 2.50. The van der Waals surface area contributed by atoms with Crippen molar-refractivity contribution in [1.29, 1.82) is 0 Å². The van der Waals surface area contributed by atoms with Gasteiger partial charge >= 0.3 is 5.97 Å². The van der Waals surface area contributed by atoms with Gasteiger partial charge in [0.1, 0.15) is 11.4 Å². The molecular formula is C16H19FN2O2S. The minimum atomic E-state index is -0.616. The van der Waals surface area contributed by atoms with Crippen LogP contribution in [0.2, 0.25) is 0 Å². The second-order valence-corrected chi connectivity index (χ2v) is 6.54. The molecule has 6 heteroatoms. The van der Waals surface area contributed by atoms with Crippen molar-refractivity contribution in [2.45, 2.75) is 39.3 Å². The molecule has 0 spiro atoms. The van der Waals surface area contributed by atoms with Crippen LogP contribution >= 0.6 is 12.2 Å². The second-order valence-electron chi connectivity index (χ2n) is 6.13. The van der Waals surface area contributed by atoms with Gasteiger partial charge in [0.15, 0.2) is 5.11 Å². The van der Waals surface area contributed by atoms with E-state index in [4.69, 9.17) is 17.0 Å². The first-order valence-corrected chi connectivity index (χ1v) is 7.35. The van der Waals surface area contributed by atoms with Gasteiger partial charge in [0.05, 0.1) is 11.6 Å². The Kier molecular flexibility index (Phi) is 4.51. The molecule has 1 aromatic carbocycles. The predicted octanol–water partition coefficient (Wildman–Crippen LogP) is 2.96. The molecule has 0 aliphatic carbocycles. The van der Waals surface area contributed by atoms with Gasteiger partial charge in [-0.1, -0.05) is 12.1 Å². The maximum Gasteiger partial charge on any atom is 0.338 e. The number of hydrogen-bond donors (Lipinski definition) is 2. The number of hydrogen-bond acceptors (Lipinski definition) is 3. The lowest BCUT2D eigenvalue weighted by Crippen LogP contribution is -2.45. The Labute approximate surface area is 134 Å². The summed E-state index contributed by atoms with van der Waals surface area (Å²) in [5.74, 6) is -0.827.